The van der Waals surface area contributed by atoms with Gasteiger partial charge in [0.15, 0.2) is 0 Å². The maximum atomic E-state index is 12.3. The minimum absolute atomic E-state index is 0.00161. The first-order valence-electron chi connectivity index (χ1n) is 7.94. The number of hydrogen-bond donors (Lipinski definition) is 2. The lowest BCUT2D eigenvalue weighted by Gasteiger charge is -2.18. The molecule has 0 radical (unpaired) electrons. The van der Waals surface area contributed by atoms with Crippen molar-refractivity contribution in [2.45, 2.75) is 31.8 Å². The highest BCUT2D eigenvalue weighted by Crippen LogP contribution is 2.51. The van der Waals surface area contributed by atoms with Gasteiger partial charge in [-0.3, -0.25) is 9.59 Å². The van der Waals surface area contributed by atoms with E-state index >= 15 is 0 Å². The summed E-state index contributed by atoms with van der Waals surface area (Å²) in [4.78, 5) is 26.1. The van der Waals surface area contributed by atoms with Gasteiger partial charge in [0.05, 0.1) is 13.2 Å². The lowest BCUT2D eigenvalue weighted by Crippen LogP contribution is -2.43. The average molecular weight is 317 g/mol. The summed E-state index contributed by atoms with van der Waals surface area (Å²) in [7, 11) is 1.60. The minimum Gasteiger partial charge on any atom is -0.497 e. The van der Waals surface area contributed by atoms with Crippen LogP contribution >= 0.6 is 0 Å². The topological polar surface area (TPSA) is 84.7 Å². The molecule has 6 nitrogen and oxygen atoms in total. The van der Waals surface area contributed by atoms with Crippen molar-refractivity contribution in [2.75, 3.05) is 20.2 Å². The number of rotatable bonds is 3. The van der Waals surface area contributed by atoms with Gasteiger partial charge in [0.2, 0.25) is 0 Å². The van der Waals surface area contributed by atoms with Gasteiger partial charge in [0.1, 0.15) is 5.75 Å². The number of benzene rings is 1. The van der Waals surface area contributed by atoms with Crippen molar-refractivity contribution < 1.29 is 14.3 Å². The number of amides is 2. The molecular weight excluding hydrogens is 294 g/mol. The van der Waals surface area contributed by atoms with E-state index in [-0.39, 0.29) is 17.5 Å². The number of methoxy groups -OCH3 is 1. The molecule has 6 heteroatoms. The predicted octanol–water partition coefficient (Wildman–Crippen LogP) is 0.822. The van der Waals surface area contributed by atoms with Crippen LogP contribution in [0.3, 0.4) is 0 Å². The molecule has 2 atom stereocenters. The Kier molecular flexibility index (Phi) is 4.02. The number of nitrogens with two attached hydrogens (primary N) is 1. The van der Waals surface area contributed by atoms with Crippen molar-refractivity contribution in [3.8, 4) is 5.75 Å². The molecule has 1 aromatic carbocycles. The molecule has 1 heterocycles. The zero-order valence-corrected chi connectivity index (χ0v) is 13.5. The third-order valence-corrected chi connectivity index (χ3v) is 5.05. The highest BCUT2D eigenvalue weighted by Gasteiger charge is 2.55. The first kappa shape index (κ1) is 15.8. The molecule has 1 saturated heterocycles. The molecule has 1 unspecified atom stereocenters. The standard InChI is InChI=1S/C17H23N3O3/c1-11(12-3-5-13(23-2)6-4-12)19-15(21)16(22)20-9-14(18)17(10-20)7-8-17/h3-6,11,14H,7-10,18H2,1-2H3,(H,19,21)/t11-,14?/m0/s1. The third kappa shape index (κ3) is 3.03. The Labute approximate surface area is 136 Å². The number of carbonyl (C=O) groups is 2. The molecule has 0 bridgehead atoms. The highest BCUT2D eigenvalue weighted by atomic mass is 16.5. The van der Waals surface area contributed by atoms with Crippen LogP contribution in [0.4, 0.5) is 0 Å². The molecule has 2 amide bonds. The van der Waals surface area contributed by atoms with Gasteiger partial charge in [-0.1, -0.05) is 12.1 Å². The van der Waals surface area contributed by atoms with E-state index in [2.05, 4.69) is 5.32 Å². The van der Waals surface area contributed by atoms with E-state index in [4.69, 9.17) is 10.5 Å². The van der Waals surface area contributed by atoms with Gasteiger partial charge >= 0.3 is 11.8 Å². The lowest BCUT2D eigenvalue weighted by atomic mass is 10.0. The van der Waals surface area contributed by atoms with Crippen LogP contribution in [0.25, 0.3) is 0 Å². The second-order valence-corrected chi connectivity index (χ2v) is 6.62. The summed E-state index contributed by atoms with van der Waals surface area (Å²) < 4.78 is 5.11. The summed E-state index contributed by atoms with van der Waals surface area (Å²) >= 11 is 0. The molecular formula is C17H23N3O3. The van der Waals surface area contributed by atoms with E-state index in [1.165, 1.54) is 0 Å². The van der Waals surface area contributed by atoms with Gasteiger partial charge < -0.3 is 20.7 Å². The summed E-state index contributed by atoms with van der Waals surface area (Å²) in [5, 5.41) is 2.76. The Morgan fingerprint density at radius 3 is 2.52 bits per heavy atom. The average Bonchev–Trinajstić information content (AvgIpc) is 3.26. The molecule has 1 aromatic rings. The van der Waals surface area contributed by atoms with E-state index in [0.29, 0.717) is 13.1 Å². The number of ether oxygens (including phenoxy) is 1. The molecule has 3 rings (SSSR count). The monoisotopic (exact) mass is 317 g/mol. The highest BCUT2D eigenvalue weighted by molar-refractivity contribution is 6.35. The van der Waals surface area contributed by atoms with Crippen LogP contribution < -0.4 is 15.8 Å². The number of carbonyl (C=O) groups excluding carboxylic acids is 2. The quantitative estimate of drug-likeness (QED) is 0.809. The smallest absolute Gasteiger partial charge is 0.311 e. The SMILES string of the molecule is COc1ccc([C@H](C)NC(=O)C(=O)N2CC(N)C3(CC3)C2)cc1. The van der Waals surface area contributed by atoms with Crippen molar-refractivity contribution in [3.63, 3.8) is 0 Å². The summed E-state index contributed by atoms with van der Waals surface area (Å²) in [5.41, 5.74) is 7.09. The van der Waals surface area contributed by atoms with Crippen molar-refractivity contribution in [3.05, 3.63) is 29.8 Å². The molecule has 2 aliphatic rings. The number of nitrogens with one attached hydrogen (secondary N) is 1. The summed E-state index contributed by atoms with van der Waals surface area (Å²) in [6.07, 6.45) is 2.11. The Balaban J connectivity index is 1.58. The Hall–Kier alpha value is -2.08. The van der Waals surface area contributed by atoms with E-state index < -0.39 is 11.8 Å². The van der Waals surface area contributed by atoms with Gasteiger partial charge in [-0.05, 0) is 37.5 Å². The molecule has 1 saturated carbocycles. The summed E-state index contributed by atoms with van der Waals surface area (Å²) in [5.74, 6) is -0.299. The molecule has 124 valence electrons. The van der Waals surface area contributed by atoms with Crippen LogP contribution in [-0.4, -0.2) is 43.0 Å². The largest absolute Gasteiger partial charge is 0.497 e. The third-order valence-electron chi connectivity index (χ3n) is 5.05. The number of hydrogen-bond acceptors (Lipinski definition) is 4. The first-order chi connectivity index (χ1) is 10.9. The van der Waals surface area contributed by atoms with Gasteiger partial charge in [0, 0.05) is 24.5 Å². The van der Waals surface area contributed by atoms with Crippen molar-refractivity contribution in [2.24, 2.45) is 11.1 Å². The van der Waals surface area contributed by atoms with Crippen molar-refractivity contribution in [1.29, 1.82) is 0 Å². The summed E-state index contributed by atoms with van der Waals surface area (Å²) in [6, 6.07) is 7.16. The number of likely N-dealkylation sites (tertiary alicyclic amines) is 1. The van der Waals surface area contributed by atoms with Crippen molar-refractivity contribution >= 4 is 11.8 Å². The van der Waals surface area contributed by atoms with Gasteiger partial charge in [-0.25, -0.2) is 0 Å². The fourth-order valence-corrected chi connectivity index (χ4v) is 3.22. The Morgan fingerprint density at radius 1 is 1.35 bits per heavy atom. The fourth-order valence-electron chi connectivity index (χ4n) is 3.22. The maximum absolute atomic E-state index is 12.3. The van der Waals surface area contributed by atoms with E-state index in [1.54, 1.807) is 12.0 Å². The van der Waals surface area contributed by atoms with Crippen LogP contribution in [0.15, 0.2) is 24.3 Å². The molecule has 3 N–H and O–H groups in total. The van der Waals surface area contributed by atoms with E-state index in [1.807, 2.05) is 31.2 Å². The Morgan fingerprint density at radius 2 is 2.00 bits per heavy atom. The molecule has 2 fully saturated rings. The maximum Gasteiger partial charge on any atom is 0.311 e. The molecule has 1 aliphatic heterocycles. The van der Waals surface area contributed by atoms with E-state index in [0.717, 1.165) is 24.2 Å². The molecule has 0 aromatic heterocycles. The van der Waals surface area contributed by atoms with Crippen LogP contribution in [0, 0.1) is 5.41 Å². The zero-order valence-electron chi connectivity index (χ0n) is 13.5. The Bertz CT molecular complexity index is 610. The molecule has 1 aliphatic carbocycles. The minimum atomic E-state index is -0.571. The van der Waals surface area contributed by atoms with Crippen LogP contribution in [0.2, 0.25) is 0 Å². The van der Waals surface area contributed by atoms with Gasteiger partial charge in [-0.15, -0.1) is 0 Å². The zero-order chi connectivity index (χ0) is 16.6. The fraction of sp³-hybridized carbons (Fsp3) is 0.529. The van der Waals surface area contributed by atoms with Crippen LogP contribution in [0.5, 0.6) is 5.75 Å². The van der Waals surface area contributed by atoms with E-state index in [9.17, 15) is 9.59 Å². The summed E-state index contributed by atoms with van der Waals surface area (Å²) in [6.45, 7) is 2.94. The predicted molar refractivity (Wildman–Crippen MR) is 85.8 cm³/mol. The second-order valence-electron chi connectivity index (χ2n) is 6.62. The number of nitrogens with zero attached hydrogens (tertiary/aromatic N) is 1. The molecule has 23 heavy (non-hydrogen) atoms. The van der Waals surface area contributed by atoms with Crippen LogP contribution in [-0.2, 0) is 9.59 Å². The first-order valence-corrected chi connectivity index (χ1v) is 7.94. The molecule has 1 spiro atoms. The second kappa shape index (κ2) is 5.85. The normalized spacial score (nSPS) is 22.7. The lowest BCUT2D eigenvalue weighted by molar-refractivity contribution is -0.145. The van der Waals surface area contributed by atoms with Gasteiger partial charge in [0.25, 0.3) is 0 Å². The van der Waals surface area contributed by atoms with Crippen molar-refractivity contribution in [1.82, 2.24) is 10.2 Å². The van der Waals surface area contributed by atoms with Gasteiger partial charge in [-0.2, -0.15) is 0 Å². The van der Waals surface area contributed by atoms with Crippen LogP contribution in [0.1, 0.15) is 31.4 Å².